The van der Waals surface area contributed by atoms with Gasteiger partial charge in [-0.3, -0.25) is 14.4 Å². The highest BCUT2D eigenvalue weighted by Crippen LogP contribution is 2.38. The molecule has 4 aliphatic carbocycles. The third-order valence-corrected chi connectivity index (χ3v) is 9.69. The number of ether oxygens (including phenoxy) is 1. The van der Waals surface area contributed by atoms with Gasteiger partial charge in [0.25, 0.3) is 0 Å². The Morgan fingerprint density at radius 1 is 0.658 bits per heavy atom. The van der Waals surface area contributed by atoms with Gasteiger partial charge in [0.05, 0.1) is 36.6 Å². The van der Waals surface area contributed by atoms with Crippen LogP contribution in [0, 0.1) is 35.5 Å². The number of carboxylic acid groups (broad SMARTS) is 2. The molecule has 0 aromatic carbocycles. The van der Waals surface area contributed by atoms with E-state index in [1.165, 1.54) is 6.42 Å². The maximum Gasteiger partial charge on any atom is 0.310 e. The normalized spacial score (nSPS) is 38.3. The van der Waals surface area contributed by atoms with Crippen molar-refractivity contribution in [3.05, 3.63) is 0 Å². The number of carbonyl (C=O) groups is 3. The number of hydrogen-bond donors (Lipinski definition) is 3. The number of aliphatic hydroxyl groups is 1. The fourth-order valence-corrected chi connectivity index (χ4v) is 7.33. The summed E-state index contributed by atoms with van der Waals surface area (Å²) in [5, 5.41) is 28.8. The van der Waals surface area contributed by atoms with Crippen LogP contribution in [0.4, 0.5) is 0 Å². The first-order chi connectivity index (χ1) is 18.3. The van der Waals surface area contributed by atoms with Crippen LogP contribution in [0.5, 0.6) is 0 Å². The summed E-state index contributed by atoms with van der Waals surface area (Å²) in [6.07, 6.45) is 12.8. The fourth-order valence-electron chi connectivity index (χ4n) is 7.33. The van der Waals surface area contributed by atoms with E-state index in [4.69, 9.17) is 14.5 Å². The Balaban J connectivity index is 1.10. The molecule has 0 aliphatic heterocycles. The van der Waals surface area contributed by atoms with Crippen molar-refractivity contribution in [1.82, 2.24) is 0 Å². The van der Waals surface area contributed by atoms with Crippen LogP contribution in [0.25, 0.3) is 0 Å². The van der Waals surface area contributed by atoms with Crippen LogP contribution in [0.2, 0.25) is 0 Å². The standard InChI is InChI=1S/C29H46O9/c30-21-9-14-25(28(33)34)26(16-21)29(35)37-22-10-5-18(6-11-22)15-19-7-12-23(13-8-19)38-36-17-20-3-1-2-4-24(20)27(31)32/h18-26,30H,1-17H2,(H,31,32)(H,33,34). The molecule has 216 valence electrons. The zero-order valence-electron chi connectivity index (χ0n) is 22.5. The molecule has 38 heavy (non-hydrogen) atoms. The second-order valence-electron chi connectivity index (χ2n) is 12.3. The van der Waals surface area contributed by atoms with E-state index in [0.29, 0.717) is 31.3 Å². The Hall–Kier alpha value is -1.71. The van der Waals surface area contributed by atoms with Gasteiger partial charge in [-0.15, -0.1) is 0 Å². The summed E-state index contributed by atoms with van der Waals surface area (Å²) in [5.41, 5.74) is 0. The van der Waals surface area contributed by atoms with Crippen molar-refractivity contribution in [2.24, 2.45) is 35.5 Å². The molecular weight excluding hydrogens is 492 g/mol. The number of carbonyl (C=O) groups excluding carboxylic acids is 1. The molecule has 0 spiro atoms. The number of carboxylic acids is 2. The average Bonchev–Trinajstić information content (AvgIpc) is 2.90. The van der Waals surface area contributed by atoms with Crippen molar-refractivity contribution in [3.8, 4) is 0 Å². The summed E-state index contributed by atoms with van der Waals surface area (Å²) in [5.74, 6) is -2.67. The molecule has 5 unspecified atom stereocenters. The zero-order valence-corrected chi connectivity index (χ0v) is 22.5. The van der Waals surface area contributed by atoms with Crippen LogP contribution in [-0.4, -0.2) is 58.1 Å². The highest BCUT2D eigenvalue weighted by atomic mass is 17.2. The van der Waals surface area contributed by atoms with Gasteiger partial charge in [0.15, 0.2) is 0 Å². The quantitative estimate of drug-likeness (QED) is 0.204. The number of esters is 1. The lowest BCUT2D eigenvalue weighted by Gasteiger charge is -2.35. The molecule has 9 heteroatoms. The van der Waals surface area contributed by atoms with Crippen molar-refractivity contribution in [2.75, 3.05) is 6.61 Å². The molecule has 0 radical (unpaired) electrons. The third-order valence-electron chi connectivity index (χ3n) is 9.69. The number of rotatable bonds is 10. The summed E-state index contributed by atoms with van der Waals surface area (Å²) in [7, 11) is 0. The minimum absolute atomic E-state index is 0.0415. The fraction of sp³-hybridized carbons (Fsp3) is 0.897. The van der Waals surface area contributed by atoms with Crippen molar-refractivity contribution in [1.29, 1.82) is 0 Å². The number of hydrogen-bond acceptors (Lipinski definition) is 7. The molecular formula is C29H46O9. The lowest BCUT2D eigenvalue weighted by Crippen LogP contribution is -2.40. The SMILES string of the molecule is O=C(O)C1CCCCC1COOC1CCC(CC2CCC(OC(=O)C3CC(O)CCC3C(=O)O)CC2)CC1. The summed E-state index contributed by atoms with van der Waals surface area (Å²) in [6, 6.07) is 0. The molecule has 9 nitrogen and oxygen atoms in total. The predicted molar refractivity (Wildman–Crippen MR) is 137 cm³/mol. The number of aliphatic carboxylic acids is 2. The summed E-state index contributed by atoms with van der Waals surface area (Å²) in [4.78, 5) is 47.0. The van der Waals surface area contributed by atoms with E-state index in [1.807, 2.05) is 0 Å². The maximum atomic E-state index is 12.7. The molecule has 0 heterocycles. The Bertz CT molecular complexity index is 785. The van der Waals surface area contributed by atoms with Crippen LogP contribution >= 0.6 is 0 Å². The van der Waals surface area contributed by atoms with Gasteiger partial charge < -0.3 is 20.1 Å². The van der Waals surface area contributed by atoms with Gasteiger partial charge in [0.1, 0.15) is 6.10 Å². The summed E-state index contributed by atoms with van der Waals surface area (Å²) in [6.45, 7) is 0.364. The van der Waals surface area contributed by atoms with E-state index in [0.717, 1.165) is 77.0 Å². The van der Waals surface area contributed by atoms with Gasteiger partial charge in [0, 0.05) is 0 Å². The van der Waals surface area contributed by atoms with Crippen molar-refractivity contribution < 1.29 is 44.2 Å². The van der Waals surface area contributed by atoms with Crippen molar-refractivity contribution >= 4 is 17.9 Å². The first-order valence-electron chi connectivity index (χ1n) is 14.9. The van der Waals surface area contributed by atoms with Crippen molar-refractivity contribution in [3.63, 3.8) is 0 Å². The molecule has 0 saturated heterocycles. The monoisotopic (exact) mass is 538 g/mol. The van der Waals surface area contributed by atoms with E-state index >= 15 is 0 Å². The molecule has 4 saturated carbocycles. The van der Waals surface area contributed by atoms with E-state index in [-0.39, 0.29) is 30.5 Å². The largest absolute Gasteiger partial charge is 0.481 e. The molecule has 3 N–H and O–H groups in total. The molecule has 4 aliphatic rings. The van der Waals surface area contributed by atoms with E-state index in [2.05, 4.69) is 0 Å². The van der Waals surface area contributed by atoms with Gasteiger partial charge in [-0.2, -0.15) is 0 Å². The van der Waals surface area contributed by atoms with Crippen LogP contribution in [-0.2, 0) is 28.9 Å². The van der Waals surface area contributed by atoms with Crippen LogP contribution in [0.1, 0.15) is 103 Å². The minimum Gasteiger partial charge on any atom is -0.481 e. The second kappa shape index (κ2) is 14.1. The Kier molecular flexibility index (Phi) is 10.8. The third kappa shape index (κ3) is 8.15. The Morgan fingerprint density at radius 2 is 1.26 bits per heavy atom. The van der Waals surface area contributed by atoms with Crippen molar-refractivity contribution in [2.45, 2.75) is 121 Å². The molecule has 4 fully saturated rings. The van der Waals surface area contributed by atoms with Gasteiger partial charge >= 0.3 is 17.9 Å². The maximum absolute atomic E-state index is 12.7. The number of aliphatic hydroxyl groups excluding tert-OH is 1. The zero-order chi connectivity index (χ0) is 27.1. The summed E-state index contributed by atoms with van der Waals surface area (Å²) >= 11 is 0. The van der Waals surface area contributed by atoms with E-state index in [9.17, 15) is 29.7 Å². The molecule has 5 atom stereocenters. The first-order valence-corrected chi connectivity index (χ1v) is 14.9. The second-order valence-corrected chi connectivity index (χ2v) is 12.3. The highest BCUT2D eigenvalue weighted by molar-refractivity contribution is 5.81. The lowest BCUT2D eigenvalue weighted by molar-refractivity contribution is -0.337. The van der Waals surface area contributed by atoms with Gasteiger partial charge in [0.2, 0.25) is 0 Å². The topological polar surface area (TPSA) is 140 Å². The lowest BCUT2D eigenvalue weighted by atomic mass is 9.76. The molecule has 0 bridgehead atoms. The Morgan fingerprint density at radius 3 is 1.89 bits per heavy atom. The van der Waals surface area contributed by atoms with E-state index in [1.54, 1.807) is 0 Å². The predicted octanol–water partition coefficient (Wildman–Crippen LogP) is 4.74. The van der Waals surface area contributed by atoms with Gasteiger partial charge in [-0.05, 0) is 108 Å². The smallest absolute Gasteiger partial charge is 0.310 e. The minimum atomic E-state index is -0.981. The van der Waals surface area contributed by atoms with E-state index < -0.39 is 35.8 Å². The first kappa shape index (κ1) is 29.3. The molecule has 0 aromatic heterocycles. The Labute approximate surface area is 225 Å². The van der Waals surface area contributed by atoms with Gasteiger partial charge in [-0.1, -0.05) is 12.8 Å². The molecule has 0 amide bonds. The van der Waals surface area contributed by atoms with Gasteiger partial charge in [-0.25, -0.2) is 9.78 Å². The average molecular weight is 539 g/mol. The molecule has 4 rings (SSSR count). The highest BCUT2D eigenvalue weighted by Gasteiger charge is 2.41. The van der Waals surface area contributed by atoms with Crippen LogP contribution in [0.3, 0.4) is 0 Å². The van der Waals surface area contributed by atoms with Crippen LogP contribution < -0.4 is 0 Å². The summed E-state index contributed by atoms with van der Waals surface area (Å²) < 4.78 is 5.74. The van der Waals surface area contributed by atoms with Crippen LogP contribution in [0.15, 0.2) is 0 Å². The molecule has 0 aromatic rings.